The number of hydrogen-bond acceptors (Lipinski definition) is 11. The van der Waals surface area contributed by atoms with Crippen LogP contribution in [0.1, 0.15) is 69.2 Å². The highest BCUT2D eigenvalue weighted by atomic mass is 16.6. The quantitative estimate of drug-likeness (QED) is 0.168. The van der Waals surface area contributed by atoms with Gasteiger partial charge in [-0.05, 0) is 172 Å². The summed E-state index contributed by atoms with van der Waals surface area (Å²) in [6.45, 7) is 13.3. The third-order valence-corrected chi connectivity index (χ3v) is 15.2. The van der Waals surface area contributed by atoms with Crippen molar-refractivity contribution < 1.29 is 52.1 Å². The number of fused-ring (bicyclic) bond motifs is 9. The van der Waals surface area contributed by atoms with Gasteiger partial charge in [0.25, 0.3) is 0 Å². The van der Waals surface area contributed by atoms with Crippen LogP contribution in [0.2, 0.25) is 0 Å². The molecule has 1 spiro atoms. The molecular weight excluding hydrogens is 1000 g/mol. The van der Waals surface area contributed by atoms with E-state index in [0.717, 1.165) is 69.5 Å². The first-order valence-corrected chi connectivity index (χ1v) is 27.6. The SMILES string of the molecule is COc1ccc(-c2cc3c4c(c5c(c3cc2OC)Oc2ccc(cc2)Oc2ccc(cc2)OCCOCCOCCOCCOc2ccc(cc2)Oc2ccc(cc2)C=C5)C2(CC(C)(C)CC(C)(C)C2)c2ccccc2-4)c(OC)c1. The average molecular weight is 1080 g/mol. The highest BCUT2D eigenvalue weighted by molar-refractivity contribution is 6.11. The number of rotatable bonds is 4. The predicted octanol–water partition coefficient (Wildman–Crippen LogP) is 16.4. The van der Waals surface area contributed by atoms with Crippen LogP contribution in [0.15, 0.2) is 152 Å². The van der Waals surface area contributed by atoms with Gasteiger partial charge in [-0.3, -0.25) is 0 Å². The molecule has 6 aliphatic heterocycles. The van der Waals surface area contributed by atoms with E-state index in [9.17, 15) is 0 Å². The highest BCUT2D eigenvalue weighted by Crippen LogP contribution is 2.67. The molecule has 8 aromatic carbocycles. The molecule has 8 bridgehead atoms. The molecular formula is C69H70O11. The Labute approximate surface area is 469 Å². The minimum atomic E-state index is -0.373. The van der Waals surface area contributed by atoms with Crippen molar-refractivity contribution in [3.05, 3.63) is 174 Å². The summed E-state index contributed by atoms with van der Waals surface area (Å²) in [5.41, 5.74) is 8.46. The molecule has 2 aliphatic carbocycles. The second kappa shape index (κ2) is 23.4. The Morgan fingerprint density at radius 1 is 0.400 bits per heavy atom. The third-order valence-electron chi connectivity index (χ3n) is 15.2. The second-order valence-corrected chi connectivity index (χ2v) is 22.3. The van der Waals surface area contributed by atoms with Crippen LogP contribution in [0.5, 0.6) is 63.2 Å². The Morgan fingerprint density at radius 2 is 0.887 bits per heavy atom. The lowest BCUT2D eigenvalue weighted by molar-refractivity contribution is 0.00499. The molecule has 412 valence electrons. The van der Waals surface area contributed by atoms with Gasteiger partial charge in [-0.15, -0.1) is 0 Å². The average Bonchev–Trinajstić information content (AvgIpc) is 3.88. The van der Waals surface area contributed by atoms with E-state index in [2.05, 4.69) is 88.4 Å². The zero-order valence-corrected chi connectivity index (χ0v) is 46.9. The van der Waals surface area contributed by atoms with Crippen LogP contribution in [-0.4, -0.2) is 74.2 Å². The summed E-state index contributed by atoms with van der Waals surface area (Å²) in [5, 5.41) is 1.96. The summed E-state index contributed by atoms with van der Waals surface area (Å²) in [5.74, 6) is 7.62. The van der Waals surface area contributed by atoms with Crippen molar-refractivity contribution in [2.24, 2.45) is 10.8 Å². The van der Waals surface area contributed by atoms with Crippen LogP contribution < -0.4 is 37.9 Å². The topological polar surface area (TPSA) is 102 Å². The maximum Gasteiger partial charge on any atom is 0.142 e. The fraction of sp³-hybridized carbons (Fsp3) is 0.304. The molecule has 6 heterocycles. The first kappa shape index (κ1) is 54.0. The van der Waals surface area contributed by atoms with Crippen LogP contribution in [0.3, 0.4) is 0 Å². The maximum absolute atomic E-state index is 7.43. The molecule has 0 radical (unpaired) electrons. The molecule has 8 aliphatic rings. The number of methoxy groups -OCH3 is 3. The van der Waals surface area contributed by atoms with Crippen molar-refractivity contribution in [2.45, 2.75) is 52.4 Å². The number of benzene rings is 8. The Balaban J connectivity index is 1.06. The van der Waals surface area contributed by atoms with Crippen molar-refractivity contribution in [3.8, 4) is 85.5 Å². The summed E-state index contributed by atoms with van der Waals surface area (Å²) in [4.78, 5) is 0. The molecule has 0 aromatic heterocycles. The van der Waals surface area contributed by atoms with E-state index in [1.54, 1.807) is 21.3 Å². The standard InChI is InChI=1S/C69H70O11/c1-67(2)43-68(3,4)45-69(44-67)61-11-9-8-10-56(61)64-59-41-58(55-31-29-54(70-5)40-62(55)71-6)63(72-7)42-60(59)66-57(65(64)69)30-14-46-12-15-49(16-13-46)78-50-21-17-47(18-22-50)76-38-36-74-34-32-73-33-35-75-37-39-77-48-19-23-51(24-20-48)79-52-25-27-53(80-66)28-26-52/h8-31,40-42H,32-39,43-45H2,1-7H3. The zero-order chi connectivity index (χ0) is 55.3. The minimum Gasteiger partial charge on any atom is -0.497 e. The normalized spacial score (nSPS) is 17.0. The van der Waals surface area contributed by atoms with Crippen LogP contribution in [-0.2, 0) is 19.6 Å². The Bertz CT molecular complexity index is 3460. The fourth-order valence-electron chi connectivity index (χ4n) is 12.7. The fourth-order valence-corrected chi connectivity index (χ4v) is 12.7. The molecule has 16 rings (SSSR count). The zero-order valence-electron chi connectivity index (χ0n) is 46.9. The molecule has 8 aromatic rings. The maximum atomic E-state index is 7.43. The number of hydrogen-bond donors (Lipinski definition) is 0. The van der Waals surface area contributed by atoms with Crippen molar-refractivity contribution in [1.82, 2.24) is 0 Å². The third kappa shape index (κ3) is 11.7. The molecule has 0 unspecified atom stereocenters. The Kier molecular flexibility index (Phi) is 15.8. The lowest BCUT2D eigenvalue weighted by Crippen LogP contribution is -2.44. The van der Waals surface area contributed by atoms with Gasteiger partial charge in [0.2, 0.25) is 0 Å². The second-order valence-electron chi connectivity index (χ2n) is 22.3. The van der Waals surface area contributed by atoms with Crippen LogP contribution in [0, 0.1) is 10.8 Å². The van der Waals surface area contributed by atoms with Gasteiger partial charge in [0.05, 0.1) is 61.0 Å². The molecule has 1 saturated carbocycles. The van der Waals surface area contributed by atoms with Crippen molar-refractivity contribution in [3.63, 3.8) is 0 Å². The van der Waals surface area contributed by atoms with Crippen LogP contribution in [0.25, 0.3) is 45.2 Å². The van der Waals surface area contributed by atoms with Gasteiger partial charge in [-0.25, -0.2) is 0 Å². The van der Waals surface area contributed by atoms with Crippen molar-refractivity contribution in [1.29, 1.82) is 0 Å². The van der Waals surface area contributed by atoms with Gasteiger partial charge in [0.15, 0.2) is 0 Å². The lowest BCUT2D eigenvalue weighted by Gasteiger charge is -2.52. The van der Waals surface area contributed by atoms with Gasteiger partial charge in [0, 0.05) is 33.6 Å². The van der Waals surface area contributed by atoms with Gasteiger partial charge in [0.1, 0.15) is 76.5 Å². The summed E-state index contributed by atoms with van der Waals surface area (Å²) in [6.07, 6.45) is 7.46. The van der Waals surface area contributed by atoms with E-state index >= 15 is 0 Å². The monoisotopic (exact) mass is 1070 g/mol. The first-order valence-electron chi connectivity index (χ1n) is 27.6. The summed E-state index contributed by atoms with van der Waals surface area (Å²) < 4.78 is 67.3. The first-order chi connectivity index (χ1) is 38.9. The Morgan fingerprint density at radius 3 is 1.43 bits per heavy atom. The molecule has 11 heteroatoms. The van der Waals surface area contributed by atoms with Crippen LogP contribution in [0.4, 0.5) is 0 Å². The summed E-state index contributed by atoms with van der Waals surface area (Å²) in [6, 6.07) is 50.6. The van der Waals surface area contributed by atoms with E-state index in [-0.39, 0.29) is 16.2 Å². The summed E-state index contributed by atoms with van der Waals surface area (Å²) in [7, 11) is 5.07. The minimum absolute atomic E-state index is 0.00625. The van der Waals surface area contributed by atoms with Gasteiger partial charge < -0.3 is 52.1 Å². The van der Waals surface area contributed by atoms with E-state index in [0.29, 0.717) is 98.9 Å². The van der Waals surface area contributed by atoms with Gasteiger partial charge in [-0.1, -0.05) is 76.2 Å². The van der Waals surface area contributed by atoms with Crippen molar-refractivity contribution >= 4 is 22.9 Å². The molecule has 0 saturated heterocycles. The molecule has 1 fully saturated rings. The summed E-state index contributed by atoms with van der Waals surface area (Å²) >= 11 is 0. The van der Waals surface area contributed by atoms with E-state index in [1.165, 1.54) is 22.3 Å². The van der Waals surface area contributed by atoms with Gasteiger partial charge >= 0.3 is 0 Å². The molecule has 0 N–H and O–H groups in total. The smallest absolute Gasteiger partial charge is 0.142 e. The van der Waals surface area contributed by atoms with E-state index in [4.69, 9.17) is 52.1 Å². The molecule has 0 amide bonds. The van der Waals surface area contributed by atoms with Crippen LogP contribution >= 0.6 is 0 Å². The molecule has 0 atom stereocenters. The van der Waals surface area contributed by atoms with Gasteiger partial charge in [-0.2, -0.15) is 0 Å². The molecule has 11 nitrogen and oxygen atoms in total. The lowest BCUT2D eigenvalue weighted by atomic mass is 9.52. The van der Waals surface area contributed by atoms with E-state index < -0.39 is 0 Å². The Hall–Kier alpha value is -7.96. The van der Waals surface area contributed by atoms with E-state index in [1.807, 2.05) is 103 Å². The largest absolute Gasteiger partial charge is 0.497 e. The number of ether oxygens (including phenoxy) is 11. The van der Waals surface area contributed by atoms with Crippen molar-refractivity contribution in [2.75, 3.05) is 74.2 Å². The predicted molar refractivity (Wildman–Crippen MR) is 315 cm³/mol. The molecule has 80 heavy (non-hydrogen) atoms. The highest BCUT2D eigenvalue weighted by Gasteiger charge is 2.55.